The highest BCUT2D eigenvalue weighted by atomic mass is 35.5. The third-order valence-corrected chi connectivity index (χ3v) is 3.20. The summed E-state index contributed by atoms with van der Waals surface area (Å²) < 4.78 is 0. The smallest absolute Gasteiger partial charge is 0.0401 e. The van der Waals surface area contributed by atoms with Gasteiger partial charge in [-0.2, -0.15) is 0 Å². The highest BCUT2D eigenvalue weighted by Crippen LogP contribution is 2.34. The predicted molar refractivity (Wildman–Crippen MR) is 56.9 cm³/mol. The molecule has 1 radical (unpaired) electrons. The van der Waals surface area contributed by atoms with Gasteiger partial charge in [0.2, 0.25) is 0 Å². The molecule has 0 spiro atoms. The van der Waals surface area contributed by atoms with Crippen LogP contribution in [0.1, 0.15) is 24.8 Å². The van der Waals surface area contributed by atoms with Gasteiger partial charge in [-0.25, -0.2) is 0 Å². The molecule has 1 fully saturated rings. The van der Waals surface area contributed by atoms with Gasteiger partial charge in [0, 0.05) is 5.38 Å². The minimum Gasteiger partial charge on any atom is -0.122 e. The van der Waals surface area contributed by atoms with Crippen LogP contribution in [0.4, 0.5) is 0 Å². The minimum atomic E-state index is 0.334. The van der Waals surface area contributed by atoms with Gasteiger partial charge in [-0.1, -0.05) is 36.8 Å². The van der Waals surface area contributed by atoms with Crippen LogP contribution in [-0.4, -0.2) is 5.38 Å². The Bertz CT molecular complexity index is 255. The summed E-state index contributed by atoms with van der Waals surface area (Å²) in [6.07, 6.45) is 4.75. The van der Waals surface area contributed by atoms with Gasteiger partial charge in [0.25, 0.3) is 0 Å². The molecule has 1 aromatic carbocycles. The van der Waals surface area contributed by atoms with E-state index in [4.69, 9.17) is 11.6 Å². The zero-order chi connectivity index (χ0) is 9.10. The first kappa shape index (κ1) is 9.08. The maximum atomic E-state index is 6.19. The lowest BCUT2D eigenvalue weighted by molar-refractivity contribution is 0.842. The minimum absolute atomic E-state index is 0.334. The number of rotatable bonds is 2. The second kappa shape index (κ2) is 4.15. The Morgan fingerprint density at radius 1 is 1.23 bits per heavy atom. The summed E-state index contributed by atoms with van der Waals surface area (Å²) in [6.45, 7) is 0. The van der Waals surface area contributed by atoms with Crippen LogP contribution in [0.2, 0.25) is 0 Å². The Morgan fingerprint density at radius 3 is 2.62 bits per heavy atom. The van der Waals surface area contributed by atoms with Gasteiger partial charge in [0.1, 0.15) is 0 Å². The number of hydrogen-bond donors (Lipinski definition) is 0. The van der Waals surface area contributed by atoms with Crippen molar-refractivity contribution in [1.82, 2.24) is 0 Å². The second-order valence-electron chi connectivity index (χ2n) is 3.68. The van der Waals surface area contributed by atoms with Gasteiger partial charge in [-0.15, -0.1) is 11.6 Å². The Balaban J connectivity index is 1.98. The average Bonchev–Trinajstić information content (AvgIpc) is 2.54. The van der Waals surface area contributed by atoms with Crippen molar-refractivity contribution < 1.29 is 0 Å². The molecule has 0 bridgehead atoms. The standard InChI is InChI=1S/C12H14Cl/c13-12-8-4-7-11(12)9-10-5-2-1-3-6-10/h1-3,5-6,12H,4,7-9H2. The third-order valence-electron chi connectivity index (χ3n) is 2.67. The Hall–Kier alpha value is -0.490. The van der Waals surface area contributed by atoms with E-state index in [9.17, 15) is 0 Å². The molecule has 1 saturated carbocycles. The van der Waals surface area contributed by atoms with Crippen LogP contribution in [0.5, 0.6) is 0 Å². The fraction of sp³-hybridized carbons (Fsp3) is 0.417. The largest absolute Gasteiger partial charge is 0.122 e. The van der Waals surface area contributed by atoms with E-state index < -0.39 is 0 Å². The highest BCUT2D eigenvalue weighted by molar-refractivity contribution is 6.22. The fourth-order valence-corrected chi connectivity index (χ4v) is 2.27. The SMILES string of the molecule is ClC1CCC[C]1Cc1ccccc1. The summed E-state index contributed by atoms with van der Waals surface area (Å²) in [7, 11) is 0. The van der Waals surface area contributed by atoms with Crippen molar-refractivity contribution in [2.75, 3.05) is 0 Å². The number of hydrogen-bond acceptors (Lipinski definition) is 0. The number of halogens is 1. The summed E-state index contributed by atoms with van der Waals surface area (Å²) in [4.78, 5) is 0. The van der Waals surface area contributed by atoms with Crippen molar-refractivity contribution in [3.63, 3.8) is 0 Å². The maximum Gasteiger partial charge on any atom is 0.0401 e. The van der Waals surface area contributed by atoms with Crippen LogP contribution < -0.4 is 0 Å². The summed E-state index contributed by atoms with van der Waals surface area (Å²) in [5, 5.41) is 0.334. The van der Waals surface area contributed by atoms with Crippen LogP contribution in [0.25, 0.3) is 0 Å². The van der Waals surface area contributed by atoms with E-state index in [1.165, 1.54) is 30.7 Å². The molecule has 0 amide bonds. The van der Waals surface area contributed by atoms with E-state index in [0.717, 1.165) is 6.42 Å². The van der Waals surface area contributed by atoms with Gasteiger partial charge in [0.05, 0.1) is 0 Å². The molecular formula is C12H14Cl. The summed E-state index contributed by atoms with van der Waals surface area (Å²) >= 11 is 6.19. The van der Waals surface area contributed by atoms with E-state index in [1.807, 2.05) is 0 Å². The molecule has 1 aliphatic rings. The van der Waals surface area contributed by atoms with E-state index in [2.05, 4.69) is 30.3 Å². The van der Waals surface area contributed by atoms with Crippen molar-refractivity contribution in [2.45, 2.75) is 31.1 Å². The van der Waals surface area contributed by atoms with Crippen LogP contribution in [0.3, 0.4) is 0 Å². The van der Waals surface area contributed by atoms with Crippen LogP contribution >= 0.6 is 11.6 Å². The zero-order valence-electron chi connectivity index (χ0n) is 7.67. The third kappa shape index (κ3) is 2.25. The van der Waals surface area contributed by atoms with E-state index in [-0.39, 0.29) is 0 Å². The normalized spacial score (nSPS) is 23.6. The van der Waals surface area contributed by atoms with Crippen molar-refractivity contribution in [3.8, 4) is 0 Å². The Morgan fingerprint density at radius 2 is 2.00 bits per heavy atom. The molecule has 69 valence electrons. The molecule has 1 aliphatic carbocycles. The predicted octanol–water partition coefficient (Wildman–Crippen LogP) is 3.59. The molecule has 0 saturated heterocycles. The first-order valence-corrected chi connectivity index (χ1v) is 5.32. The van der Waals surface area contributed by atoms with Crippen molar-refractivity contribution in [2.24, 2.45) is 0 Å². The van der Waals surface area contributed by atoms with Gasteiger partial charge >= 0.3 is 0 Å². The molecule has 1 unspecified atom stereocenters. The molecule has 1 aromatic rings. The Labute approximate surface area is 84.9 Å². The van der Waals surface area contributed by atoms with Gasteiger partial charge in [-0.3, -0.25) is 0 Å². The Kier molecular flexibility index (Phi) is 2.90. The molecule has 1 atom stereocenters. The summed E-state index contributed by atoms with van der Waals surface area (Å²) in [6, 6.07) is 10.6. The van der Waals surface area contributed by atoms with E-state index in [0.29, 0.717) is 5.38 Å². The molecule has 0 heterocycles. The first-order chi connectivity index (χ1) is 6.36. The molecule has 0 nitrogen and oxygen atoms in total. The molecule has 0 N–H and O–H groups in total. The summed E-state index contributed by atoms with van der Waals surface area (Å²) in [5.74, 6) is 1.52. The van der Waals surface area contributed by atoms with Gasteiger partial charge in [0.15, 0.2) is 0 Å². The molecular weight excluding hydrogens is 180 g/mol. The first-order valence-electron chi connectivity index (χ1n) is 4.89. The fourth-order valence-electron chi connectivity index (χ4n) is 1.93. The number of alkyl halides is 1. The molecule has 0 aliphatic heterocycles. The van der Waals surface area contributed by atoms with Crippen molar-refractivity contribution in [3.05, 3.63) is 41.8 Å². The number of benzene rings is 1. The van der Waals surface area contributed by atoms with E-state index >= 15 is 0 Å². The average molecular weight is 194 g/mol. The van der Waals surface area contributed by atoms with Gasteiger partial charge in [-0.05, 0) is 30.7 Å². The van der Waals surface area contributed by atoms with Crippen LogP contribution in [0, 0.1) is 5.92 Å². The lowest BCUT2D eigenvalue weighted by Gasteiger charge is -2.12. The van der Waals surface area contributed by atoms with Crippen molar-refractivity contribution in [1.29, 1.82) is 0 Å². The molecule has 13 heavy (non-hydrogen) atoms. The molecule has 0 aromatic heterocycles. The van der Waals surface area contributed by atoms with Crippen LogP contribution in [-0.2, 0) is 6.42 Å². The molecule has 1 heteroatoms. The zero-order valence-corrected chi connectivity index (χ0v) is 8.43. The highest BCUT2D eigenvalue weighted by Gasteiger charge is 2.25. The summed E-state index contributed by atoms with van der Waals surface area (Å²) in [5.41, 5.74) is 1.39. The topological polar surface area (TPSA) is 0 Å². The van der Waals surface area contributed by atoms with Crippen molar-refractivity contribution >= 4 is 11.6 Å². The van der Waals surface area contributed by atoms with Crippen LogP contribution in [0.15, 0.2) is 30.3 Å². The quantitative estimate of drug-likeness (QED) is 0.630. The van der Waals surface area contributed by atoms with E-state index in [1.54, 1.807) is 0 Å². The lowest BCUT2D eigenvalue weighted by atomic mass is 9.98. The maximum absolute atomic E-state index is 6.19. The second-order valence-corrected chi connectivity index (χ2v) is 4.21. The molecule has 2 rings (SSSR count). The van der Waals surface area contributed by atoms with Gasteiger partial charge < -0.3 is 0 Å². The monoisotopic (exact) mass is 193 g/mol. The lowest BCUT2D eigenvalue weighted by Crippen LogP contribution is -2.07.